The van der Waals surface area contributed by atoms with Crippen LogP contribution in [-0.2, 0) is 17.0 Å². The number of hydrogen-bond acceptors (Lipinski definition) is 7. The molecule has 0 amide bonds. The van der Waals surface area contributed by atoms with Gasteiger partial charge in [0.15, 0.2) is 11.0 Å². The van der Waals surface area contributed by atoms with Crippen molar-refractivity contribution in [3.8, 4) is 21.3 Å². The SMILES string of the molecule is Cc1ccccc1-c1nc(CSc2nnc(-c3cccs3)n2CC2CCCO2)cs1. The first-order chi connectivity index (χ1) is 14.8. The minimum absolute atomic E-state index is 0.242. The summed E-state index contributed by atoms with van der Waals surface area (Å²) in [6, 6.07) is 12.6. The van der Waals surface area contributed by atoms with Gasteiger partial charge in [-0.3, -0.25) is 4.57 Å². The lowest BCUT2D eigenvalue weighted by Gasteiger charge is -2.14. The molecular formula is C22H22N4OS3. The van der Waals surface area contributed by atoms with Crippen molar-refractivity contribution in [2.45, 2.75) is 43.3 Å². The maximum Gasteiger partial charge on any atom is 0.191 e. The molecule has 1 saturated heterocycles. The molecule has 0 spiro atoms. The summed E-state index contributed by atoms with van der Waals surface area (Å²) in [6.45, 7) is 3.78. The molecule has 0 N–H and O–H groups in total. The standard InChI is InChI=1S/C22H22N4OS3/c1-15-6-2-3-8-18(15)21-23-16(13-29-21)14-30-22-25-24-20(19-9-5-11-28-19)26(22)12-17-7-4-10-27-17/h2-3,5-6,8-9,11,13,17H,4,7,10,12,14H2,1H3. The van der Waals surface area contributed by atoms with E-state index in [0.29, 0.717) is 0 Å². The van der Waals surface area contributed by atoms with Gasteiger partial charge < -0.3 is 4.74 Å². The van der Waals surface area contributed by atoms with Crippen LogP contribution >= 0.6 is 34.4 Å². The van der Waals surface area contributed by atoms with Crippen molar-refractivity contribution in [2.75, 3.05) is 6.61 Å². The third kappa shape index (κ3) is 4.23. The summed E-state index contributed by atoms with van der Waals surface area (Å²) in [7, 11) is 0. The van der Waals surface area contributed by atoms with Crippen molar-refractivity contribution >= 4 is 34.4 Å². The maximum absolute atomic E-state index is 5.89. The number of aryl methyl sites for hydroxylation is 1. The van der Waals surface area contributed by atoms with Crippen LogP contribution in [0.1, 0.15) is 24.1 Å². The van der Waals surface area contributed by atoms with Gasteiger partial charge in [0.05, 0.1) is 23.2 Å². The molecule has 5 nitrogen and oxygen atoms in total. The van der Waals surface area contributed by atoms with Gasteiger partial charge >= 0.3 is 0 Å². The van der Waals surface area contributed by atoms with Gasteiger partial charge in [0.1, 0.15) is 5.01 Å². The van der Waals surface area contributed by atoms with E-state index in [1.807, 2.05) is 0 Å². The van der Waals surface area contributed by atoms with Gasteiger partial charge in [-0.1, -0.05) is 42.1 Å². The Balaban J connectivity index is 1.35. The zero-order chi connectivity index (χ0) is 20.3. The Kier molecular flexibility index (Phi) is 5.99. The normalized spacial score (nSPS) is 16.4. The fraction of sp³-hybridized carbons (Fsp3) is 0.318. The molecule has 1 unspecified atom stereocenters. The van der Waals surface area contributed by atoms with Crippen molar-refractivity contribution < 1.29 is 4.74 Å². The average Bonchev–Trinajstić information content (AvgIpc) is 3.55. The van der Waals surface area contributed by atoms with Gasteiger partial charge in [0.25, 0.3) is 0 Å². The number of nitrogens with zero attached hydrogens (tertiary/aromatic N) is 4. The van der Waals surface area contributed by atoms with Crippen LogP contribution in [-0.4, -0.2) is 32.5 Å². The summed E-state index contributed by atoms with van der Waals surface area (Å²) in [6.07, 6.45) is 2.47. The van der Waals surface area contributed by atoms with E-state index >= 15 is 0 Å². The lowest BCUT2D eigenvalue weighted by atomic mass is 10.1. The fourth-order valence-electron chi connectivity index (χ4n) is 3.59. The predicted octanol–water partition coefficient (Wildman–Crippen LogP) is 5.91. The van der Waals surface area contributed by atoms with E-state index in [-0.39, 0.29) is 6.10 Å². The highest BCUT2D eigenvalue weighted by atomic mass is 32.2. The summed E-state index contributed by atoms with van der Waals surface area (Å²) in [4.78, 5) is 6.01. The minimum atomic E-state index is 0.242. The molecule has 8 heteroatoms. The summed E-state index contributed by atoms with van der Waals surface area (Å²) in [5.41, 5.74) is 3.54. The molecule has 1 aliphatic heterocycles. The Labute approximate surface area is 188 Å². The van der Waals surface area contributed by atoms with E-state index in [1.54, 1.807) is 34.4 Å². The Hall–Kier alpha value is -2.00. The average molecular weight is 455 g/mol. The van der Waals surface area contributed by atoms with E-state index in [9.17, 15) is 0 Å². The number of hydrogen-bond donors (Lipinski definition) is 0. The molecule has 4 aromatic rings. The second-order valence-electron chi connectivity index (χ2n) is 7.28. The molecular weight excluding hydrogens is 432 g/mol. The van der Waals surface area contributed by atoms with Crippen LogP contribution < -0.4 is 0 Å². The zero-order valence-corrected chi connectivity index (χ0v) is 19.1. The monoisotopic (exact) mass is 454 g/mol. The third-order valence-corrected chi connectivity index (χ3v) is 7.94. The van der Waals surface area contributed by atoms with Gasteiger partial charge in [-0.05, 0) is 36.8 Å². The minimum Gasteiger partial charge on any atom is -0.376 e. The topological polar surface area (TPSA) is 52.8 Å². The van der Waals surface area contributed by atoms with Crippen LogP contribution in [0.2, 0.25) is 0 Å². The van der Waals surface area contributed by atoms with Gasteiger partial charge in [-0.2, -0.15) is 0 Å². The lowest BCUT2D eigenvalue weighted by molar-refractivity contribution is 0.0953. The molecule has 3 aromatic heterocycles. The van der Waals surface area contributed by atoms with Crippen LogP contribution in [0.3, 0.4) is 0 Å². The number of benzene rings is 1. The third-order valence-electron chi connectivity index (χ3n) is 5.14. The van der Waals surface area contributed by atoms with Gasteiger partial charge in [-0.25, -0.2) is 4.98 Å². The number of thiazole rings is 1. The first-order valence-corrected chi connectivity index (χ1v) is 12.7. The van der Waals surface area contributed by atoms with Crippen LogP contribution in [0.15, 0.2) is 52.3 Å². The number of ether oxygens (including phenoxy) is 1. The first kappa shape index (κ1) is 19.9. The molecule has 1 aromatic carbocycles. The molecule has 0 radical (unpaired) electrons. The Bertz CT molecular complexity index is 1110. The van der Waals surface area contributed by atoms with Crippen LogP contribution in [0, 0.1) is 6.92 Å². The van der Waals surface area contributed by atoms with E-state index in [2.05, 4.69) is 68.8 Å². The number of thioether (sulfide) groups is 1. The van der Waals surface area contributed by atoms with Crippen molar-refractivity contribution in [2.24, 2.45) is 0 Å². The summed E-state index contributed by atoms with van der Waals surface area (Å²) >= 11 is 5.09. The highest BCUT2D eigenvalue weighted by Gasteiger charge is 2.22. The molecule has 5 rings (SSSR count). The number of rotatable bonds is 7. The molecule has 154 valence electrons. The molecule has 1 fully saturated rings. The van der Waals surface area contributed by atoms with Crippen molar-refractivity contribution in [3.05, 3.63) is 58.4 Å². The predicted molar refractivity (Wildman–Crippen MR) is 124 cm³/mol. The van der Waals surface area contributed by atoms with E-state index in [4.69, 9.17) is 9.72 Å². The maximum atomic E-state index is 5.89. The highest BCUT2D eigenvalue weighted by molar-refractivity contribution is 7.98. The van der Waals surface area contributed by atoms with E-state index in [0.717, 1.165) is 58.3 Å². The summed E-state index contributed by atoms with van der Waals surface area (Å²) < 4.78 is 8.11. The second kappa shape index (κ2) is 9.01. The van der Waals surface area contributed by atoms with Gasteiger partial charge in [-0.15, -0.1) is 32.9 Å². The Morgan fingerprint density at radius 1 is 1.17 bits per heavy atom. The summed E-state index contributed by atoms with van der Waals surface area (Å²) in [5, 5.41) is 15.2. The molecule has 30 heavy (non-hydrogen) atoms. The zero-order valence-electron chi connectivity index (χ0n) is 16.7. The number of aromatic nitrogens is 4. The van der Waals surface area contributed by atoms with Crippen molar-refractivity contribution in [1.29, 1.82) is 0 Å². The van der Waals surface area contributed by atoms with Crippen LogP contribution in [0.4, 0.5) is 0 Å². The van der Waals surface area contributed by atoms with Crippen molar-refractivity contribution in [3.63, 3.8) is 0 Å². The van der Waals surface area contributed by atoms with Crippen LogP contribution in [0.5, 0.6) is 0 Å². The quantitative estimate of drug-likeness (QED) is 0.325. The summed E-state index contributed by atoms with van der Waals surface area (Å²) in [5.74, 6) is 1.71. The fourth-order valence-corrected chi connectivity index (χ4v) is 6.16. The van der Waals surface area contributed by atoms with Crippen LogP contribution in [0.25, 0.3) is 21.3 Å². The molecule has 4 heterocycles. The lowest BCUT2D eigenvalue weighted by Crippen LogP contribution is -2.16. The van der Waals surface area contributed by atoms with E-state index in [1.165, 1.54) is 11.1 Å². The van der Waals surface area contributed by atoms with Gasteiger partial charge in [0, 0.05) is 23.3 Å². The highest BCUT2D eigenvalue weighted by Crippen LogP contribution is 2.32. The molecule has 0 aliphatic carbocycles. The molecule has 1 atom stereocenters. The van der Waals surface area contributed by atoms with Crippen molar-refractivity contribution in [1.82, 2.24) is 19.7 Å². The molecule has 0 bridgehead atoms. The largest absolute Gasteiger partial charge is 0.376 e. The van der Waals surface area contributed by atoms with E-state index < -0.39 is 0 Å². The Morgan fingerprint density at radius 3 is 2.90 bits per heavy atom. The molecule has 1 aliphatic rings. The van der Waals surface area contributed by atoms with Gasteiger partial charge in [0.2, 0.25) is 0 Å². The number of thiophene rings is 1. The first-order valence-electron chi connectivity index (χ1n) is 10.00. The Morgan fingerprint density at radius 2 is 2.10 bits per heavy atom. The smallest absolute Gasteiger partial charge is 0.191 e. The molecule has 0 saturated carbocycles. The second-order valence-corrected chi connectivity index (χ2v) is 10.0.